The molecule has 0 saturated heterocycles. The number of hydrogen-bond donors (Lipinski definition) is 2. The Morgan fingerprint density at radius 1 is 1.25 bits per heavy atom. The predicted octanol–water partition coefficient (Wildman–Crippen LogP) is 1.97. The summed E-state index contributed by atoms with van der Waals surface area (Å²) in [5.41, 5.74) is 0.134. The second-order valence-electron chi connectivity index (χ2n) is 3.97. The highest BCUT2D eigenvalue weighted by Gasteiger charge is 2.27. The Labute approximate surface area is 96.5 Å². The molecule has 2 N–H and O–H groups in total. The van der Waals surface area contributed by atoms with E-state index in [2.05, 4.69) is 5.32 Å². The molecule has 0 bridgehead atoms. The topological polar surface area (TPSA) is 49.3 Å². The third-order valence-electron chi connectivity index (χ3n) is 3.07. The van der Waals surface area contributed by atoms with E-state index in [0.29, 0.717) is 5.56 Å². The molecule has 0 atom stereocenters. The van der Waals surface area contributed by atoms with E-state index in [9.17, 15) is 9.90 Å². The highest BCUT2D eigenvalue weighted by atomic mass is 16.3. The first kappa shape index (κ1) is 12.7. The van der Waals surface area contributed by atoms with Gasteiger partial charge >= 0.3 is 0 Å². The van der Waals surface area contributed by atoms with E-state index in [1.807, 2.05) is 32.0 Å². The molecule has 0 spiro atoms. The number of carbonyl (C=O) groups excluding carboxylic acids is 1. The van der Waals surface area contributed by atoms with E-state index in [0.717, 1.165) is 12.8 Å². The molecule has 1 amide bonds. The molecule has 88 valence electrons. The molecule has 0 unspecified atom stereocenters. The average molecular weight is 221 g/mol. The Morgan fingerprint density at radius 3 is 2.25 bits per heavy atom. The van der Waals surface area contributed by atoms with Crippen molar-refractivity contribution in [2.75, 3.05) is 6.61 Å². The van der Waals surface area contributed by atoms with Crippen molar-refractivity contribution >= 4 is 5.91 Å². The van der Waals surface area contributed by atoms with Crippen molar-refractivity contribution in [3.05, 3.63) is 35.9 Å². The van der Waals surface area contributed by atoms with Crippen LogP contribution in [0.1, 0.15) is 37.0 Å². The third kappa shape index (κ3) is 2.83. The van der Waals surface area contributed by atoms with Gasteiger partial charge in [-0.25, -0.2) is 0 Å². The lowest BCUT2D eigenvalue weighted by Gasteiger charge is -2.30. The zero-order valence-electron chi connectivity index (χ0n) is 9.86. The van der Waals surface area contributed by atoms with Crippen LogP contribution in [0.25, 0.3) is 0 Å². The smallest absolute Gasteiger partial charge is 0.251 e. The Kier molecular flexibility index (Phi) is 4.50. The van der Waals surface area contributed by atoms with Crippen molar-refractivity contribution in [2.45, 2.75) is 32.2 Å². The lowest BCUT2D eigenvalue weighted by Crippen LogP contribution is -2.50. The van der Waals surface area contributed by atoms with Crippen molar-refractivity contribution in [1.82, 2.24) is 5.32 Å². The van der Waals surface area contributed by atoms with Crippen LogP contribution in [0.4, 0.5) is 0 Å². The van der Waals surface area contributed by atoms with Crippen LogP contribution >= 0.6 is 0 Å². The first-order valence-corrected chi connectivity index (χ1v) is 5.66. The fraction of sp³-hybridized carbons (Fsp3) is 0.462. The molecule has 16 heavy (non-hydrogen) atoms. The molecule has 1 aromatic carbocycles. The summed E-state index contributed by atoms with van der Waals surface area (Å²) >= 11 is 0. The number of benzene rings is 1. The molecular weight excluding hydrogens is 202 g/mol. The summed E-state index contributed by atoms with van der Waals surface area (Å²) in [6.07, 6.45) is 1.44. The molecule has 0 aliphatic rings. The lowest BCUT2D eigenvalue weighted by molar-refractivity contribution is 0.0818. The number of aliphatic hydroxyl groups excluding tert-OH is 1. The summed E-state index contributed by atoms with van der Waals surface area (Å²) in [5, 5.41) is 12.3. The minimum absolute atomic E-state index is 0.0292. The van der Waals surface area contributed by atoms with Crippen molar-refractivity contribution in [2.24, 2.45) is 0 Å². The first-order valence-electron chi connectivity index (χ1n) is 5.66. The summed E-state index contributed by atoms with van der Waals surface area (Å²) in [5.74, 6) is -0.127. The van der Waals surface area contributed by atoms with Gasteiger partial charge in [0.05, 0.1) is 12.1 Å². The van der Waals surface area contributed by atoms with E-state index in [1.54, 1.807) is 12.1 Å². The maximum atomic E-state index is 11.9. The minimum Gasteiger partial charge on any atom is -0.394 e. The largest absolute Gasteiger partial charge is 0.394 e. The summed E-state index contributed by atoms with van der Waals surface area (Å²) < 4.78 is 0. The van der Waals surface area contributed by atoms with Gasteiger partial charge in [0.25, 0.3) is 5.91 Å². The molecule has 0 radical (unpaired) electrons. The molecular formula is C13H19NO2. The zero-order valence-corrected chi connectivity index (χ0v) is 9.86. The molecule has 0 aromatic heterocycles. The minimum atomic E-state index is -0.493. The third-order valence-corrected chi connectivity index (χ3v) is 3.07. The summed E-state index contributed by atoms with van der Waals surface area (Å²) in [6, 6.07) is 9.06. The van der Waals surface area contributed by atoms with Crippen LogP contribution in [0.2, 0.25) is 0 Å². The molecule has 3 nitrogen and oxygen atoms in total. The number of aliphatic hydroxyl groups is 1. The van der Waals surface area contributed by atoms with Gasteiger partial charge in [0.15, 0.2) is 0 Å². The maximum absolute atomic E-state index is 11.9. The van der Waals surface area contributed by atoms with E-state index >= 15 is 0 Å². The Hall–Kier alpha value is -1.35. The molecule has 0 fully saturated rings. The second-order valence-corrected chi connectivity index (χ2v) is 3.97. The molecule has 0 heterocycles. The number of amides is 1. The molecule has 0 saturated carbocycles. The number of hydrogen-bond acceptors (Lipinski definition) is 2. The Morgan fingerprint density at radius 2 is 1.81 bits per heavy atom. The summed E-state index contributed by atoms with van der Waals surface area (Å²) in [4.78, 5) is 11.9. The standard InChI is InChI=1S/C13H19NO2/c1-3-13(4-2,10-15)14-12(16)11-8-6-5-7-9-11/h5-9,15H,3-4,10H2,1-2H3,(H,14,16). The van der Waals surface area contributed by atoms with Crippen LogP contribution in [-0.4, -0.2) is 23.2 Å². The number of carbonyl (C=O) groups is 1. The van der Waals surface area contributed by atoms with Crippen molar-refractivity contribution in [3.63, 3.8) is 0 Å². The van der Waals surface area contributed by atoms with Gasteiger partial charge in [-0.3, -0.25) is 4.79 Å². The maximum Gasteiger partial charge on any atom is 0.251 e. The SMILES string of the molecule is CCC(CC)(CO)NC(=O)c1ccccc1. The van der Waals surface area contributed by atoms with E-state index in [-0.39, 0.29) is 12.5 Å². The van der Waals surface area contributed by atoms with Gasteiger partial charge in [0, 0.05) is 5.56 Å². The van der Waals surface area contributed by atoms with Crippen LogP contribution in [0.5, 0.6) is 0 Å². The molecule has 0 aliphatic heterocycles. The van der Waals surface area contributed by atoms with Crippen LogP contribution in [-0.2, 0) is 0 Å². The number of rotatable bonds is 5. The van der Waals surface area contributed by atoms with Crippen molar-refractivity contribution in [3.8, 4) is 0 Å². The fourth-order valence-electron chi connectivity index (χ4n) is 1.59. The van der Waals surface area contributed by atoms with E-state index < -0.39 is 5.54 Å². The quantitative estimate of drug-likeness (QED) is 0.798. The van der Waals surface area contributed by atoms with Gasteiger partial charge in [-0.1, -0.05) is 32.0 Å². The van der Waals surface area contributed by atoms with Gasteiger partial charge in [-0.15, -0.1) is 0 Å². The molecule has 0 aliphatic carbocycles. The zero-order chi connectivity index (χ0) is 12.0. The summed E-state index contributed by atoms with van der Waals surface area (Å²) in [7, 11) is 0. The van der Waals surface area contributed by atoms with Crippen LogP contribution in [0.15, 0.2) is 30.3 Å². The van der Waals surface area contributed by atoms with Crippen LogP contribution in [0, 0.1) is 0 Å². The lowest BCUT2D eigenvalue weighted by atomic mass is 9.93. The van der Waals surface area contributed by atoms with Crippen molar-refractivity contribution < 1.29 is 9.90 Å². The second kappa shape index (κ2) is 5.66. The average Bonchev–Trinajstić information content (AvgIpc) is 2.37. The Bertz CT molecular complexity index is 323. The van der Waals surface area contributed by atoms with Gasteiger partial charge in [-0.05, 0) is 25.0 Å². The first-order chi connectivity index (χ1) is 7.67. The van der Waals surface area contributed by atoms with E-state index in [1.165, 1.54) is 0 Å². The normalized spacial score (nSPS) is 11.2. The highest BCUT2D eigenvalue weighted by Crippen LogP contribution is 2.15. The van der Waals surface area contributed by atoms with Crippen molar-refractivity contribution in [1.29, 1.82) is 0 Å². The van der Waals surface area contributed by atoms with Crippen LogP contribution in [0.3, 0.4) is 0 Å². The number of nitrogens with one attached hydrogen (secondary N) is 1. The molecule has 1 aromatic rings. The monoisotopic (exact) mass is 221 g/mol. The van der Waals surface area contributed by atoms with E-state index in [4.69, 9.17) is 0 Å². The van der Waals surface area contributed by atoms with Gasteiger partial charge in [0.2, 0.25) is 0 Å². The fourth-order valence-corrected chi connectivity index (χ4v) is 1.59. The van der Waals surface area contributed by atoms with Gasteiger partial charge in [0.1, 0.15) is 0 Å². The molecule has 3 heteroatoms. The molecule has 1 rings (SSSR count). The van der Waals surface area contributed by atoms with Gasteiger partial charge in [-0.2, -0.15) is 0 Å². The summed E-state index contributed by atoms with van der Waals surface area (Å²) in [6.45, 7) is 3.90. The predicted molar refractivity (Wildman–Crippen MR) is 64.3 cm³/mol. The highest BCUT2D eigenvalue weighted by molar-refractivity contribution is 5.94. The van der Waals surface area contributed by atoms with Gasteiger partial charge < -0.3 is 10.4 Å². The van der Waals surface area contributed by atoms with Crippen LogP contribution < -0.4 is 5.32 Å². The Balaban J connectivity index is 2.77.